The van der Waals surface area contributed by atoms with Gasteiger partial charge in [0, 0.05) is 38.4 Å². The number of carbonyl (C=O) groups is 3. The topological polar surface area (TPSA) is 110 Å². The lowest BCUT2D eigenvalue weighted by molar-refractivity contribution is -0.157. The molecule has 0 aromatic carbocycles. The van der Waals surface area contributed by atoms with Crippen LogP contribution in [0.4, 0.5) is 0 Å². The van der Waals surface area contributed by atoms with Crippen molar-refractivity contribution in [2.24, 2.45) is 63.1 Å². The molecule has 4 saturated carbocycles. The summed E-state index contributed by atoms with van der Waals surface area (Å²) in [5.74, 6) is -1.04. The number of ether oxygens (including phenoxy) is 2. The molecular formula is C33H50O7. The predicted octanol–water partition coefficient (Wildman–Crippen LogP) is 4.38. The normalized spacial score (nSPS) is 46.2. The van der Waals surface area contributed by atoms with E-state index in [4.69, 9.17) is 9.47 Å². The van der Waals surface area contributed by atoms with Crippen LogP contribution in [0.2, 0.25) is 0 Å². The Morgan fingerprint density at radius 2 is 1.85 bits per heavy atom. The number of methoxy groups -OCH3 is 1. The SMILES string of the molecule is COCC(C(=O)[C@H](O)[C@@H](C)[C@H]1[C@@H](OC(C)=O)C[C@@]2(C)[C@@H]3CC[C@H]4[C@H](C)C(=O)C=C[C@@]45C[C@@]35CC[C@]12C)[C@@H](C)CO. The fraction of sp³-hybridized carbons (Fsp3) is 0.848. The van der Waals surface area contributed by atoms with Crippen molar-refractivity contribution in [1.29, 1.82) is 0 Å². The fourth-order valence-corrected chi connectivity index (χ4v) is 11.2. The Hall–Kier alpha value is -1.57. The standard InChI is InChI=1S/C33H50O7/c1-18(15-34)22(16-39-7)29(38)28(37)20(3)27-25(40-21(4)35)14-31(6)26-9-8-23-19(2)24(36)10-11-32(23)17-33(26,32)13-12-30(27,31)5/h10-11,18-20,22-23,25-28,34,37H,8-9,12-17H2,1-7H3/t18-,19-,20-,22?,23-,25-,26-,27-,28+,30+,31-,32+,33-/m0/s1. The number of ketones is 2. The van der Waals surface area contributed by atoms with Crippen LogP contribution in [-0.2, 0) is 23.9 Å². The van der Waals surface area contributed by atoms with Crippen LogP contribution in [-0.4, -0.2) is 60.3 Å². The minimum absolute atomic E-state index is 0.0686. The van der Waals surface area contributed by atoms with Gasteiger partial charge in [0.25, 0.3) is 0 Å². The van der Waals surface area contributed by atoms with Crippen LogP contribution < -0.4 is 0 Å². The van der Waals surface area contributed by atoms with E-state index in [0.717, 1.165) is 38.5 Å². The molecule has 5 aliphatic rings. The van der Waals surface area contributed by atoms with Crippen molar-refractivity contribution >= 4 is 17.5 Å². The van der Waals surface area contributed by atoms with E-state index < -0.39 is 17.9 Å². The smallest absolute Gasteiger partial charge is 0.302 e. The number of allylic oxidation sites excluding steroid dienone is 2. The van der Waals surface area contributed by atoms with Gasteiger partial charge >= 0.3 is 5.97 Å². The summed E-state index contributed by atoms with van der Waals surface area (Å²) in [6, 6.07) is 0. The van der Waals surface area contributed by atoms with Crippen LogP contribution in [0, 0.1) is 63.1 Å². The lowest BCUT2D eigenvalue weighted by Gasteiger charge is -2.61. The maximum atomic E-state index is 13.6. The minimum atomic E-state index is -1.25. The first-order valence-electron chi connectivity index (χ1n) is 15.5. The van der Waals surface area contributed by atoms with Crippen LogP contribution in [0.3, 0.4) is 0 Å². The first-order valence-corrected chi connectivity index (χ1v) is 15.5. The molecule has 0 bridgehead atoms. The Morgan fingerprint density at radius 3 is 2.48 bits per heavy atom. The minimum Gasteiger partial charge on any atom is -0.462 e. The molecule has 224 valence electrons. The lowest BCUT2D eigenvalue weighted by atomic mass is 9.43. The Morgan fingerprint density at radius 1 is 1.15 bits per heavy atom. The average molecular weight is 559 g/mol. The monoisotopic (exact) mass is 558 g/mol. The quantitative estimate of drug-likeness (QED) is 0.404. The van der Waals surface area contributed by atoms with Crippen LogP contribution >= 0.6 is 0 Å². The molecular weight excluding hydrogens is 508 g/mol. The largest absolute Gasteiger partial charge is 0.462 e. The fourth-order valence-electron chi connectivity index (χ4n) is 11.2. The second kappa shape index (κ2) is 10.0. The van der Waals surface area contributed by atoms with Crippen LogP contribution in [0.25, 0.3) is 0 Å². The van der Waals surface area contributed by atoms with Crippen molar-refractivity contribution in [2.45, 2.75) is 92.3 Å². The highest BCUT2D eigenvalue weighted by Crippen LogP contribution is 2.87. The van der Waals surface area contributed by atoms with E-state index in [1.165, 1.54) is 14.0 Å². The molecule has 0 radical (unpaired) electrons. The van der Waals surface area contributed by atoms with E-state index in [2.05, 4.69) is 26.8 Å². The Bertz CT molecular complexity index is 1080. The van der Waals surface area contributed by atoms with Gasteiger partial charge in [-0.15, -0.1) is 0 Å². The van der Waals surface area contributed by atoms with Gasteiger partial charge in [0.1, 0.15) is 12.2 Å². The molecule has 0 saturated heterocycles. The molecule has 5 aliphatic carbocycles. The third-order valence-electron chi connectivity index (χ3n) is 13.4. The Labute approximate surface area is 239 Å². The maximum absolute atomic E-state index is 13.6. The number of aliphatic hydroxyl groups excluding tert-OH is 2. The van der Waals surface area contributed by atoms with Crippen molar-refractivity contribution in [3.63, 3.8) is 0 Å². The van der Waals surface area contributed by atoms with Gasteiger partial charge in [-0.05, 0) is 89.9 Å². The summed E-state index contributed by atoms with van der Waals surface area (Å²) in [7, 11) is 1.52. The Balaban J connectivity index is 1.49. The van der Waals surface area contributed by atoms with Crippen molar-refractivity contribution in [3.8, 4) is 0 Å². The second-order valence-corrected chi connectivity index (χ2v) is 14.8. The van der Waals surface area contributed by atoms with Crippen molar-refractivity contribution in [1.82, 2.24) is 0 Å². The summed E-state index contributed by atoms with van der Waals surface area (Å²) >= 11 is 0. The number of fused-ring (bicyclic) bond motifs is 2. The van der Waals surface area contributed by atoms with Gasteiger partial charge in [-0.3, -0.25) is 14.4 Å². The molecule has 2 spiro atoms. The highest BCUT2D eigenvalue weighted by molar-refractivity contribution is 5.93. The molecule has 2 N–H and O–H groups in total. The third-order valence-corrected chi connectivity index (χ3v) is 13.4. The molecule has 5 rings (SSSR count). The number of Topliss-reactive ketones (excluding diaryl/α,β-unsaturated/α-hetero) is 1. The Kier molecular flexibility index (Phi) is 7.49. The van der Waals surface area contributed by atoms with Gasteiger partial charge in [-0.2, -0.15) is 0 Å². The maximum Gasteiger partial charge on any atom is 0.302 e. The summed E-state index contributed by atoms with van der Waals surface area (Å²) in [6.45, 7) is 12.0. The van der Waals surface area contributed by atoms with Gasteiger partial charge in [0.15, 0.2) is 11.6 Å². The number of hydrogen-bond donors (Lipinski definition) is 2. The molecule has 0 aromatic heterocycles. The molecule has 4 fully saturated rings. The number of aliphatic hydroxyl groups is 2. The molecule has 0 aromatic rings. The van der Waals surface area contributed by atoms with Gasteiger partial charge in [-0.25, -0.2) is 0 Å². The predicted molar refractivity (Wildman–Crippen MR) is 150 cm³/mol. The average Bonchev–Trinajstić information content (AvgIpc) is 3.52. The van der Waals surface area contributed by atoms with Gasteiger partial charge in [0.05, 0.1) is 6.61 Å². The van der Waals surface area contributed by atoms with Gasteiger partial charge in [-0.1, -0.05) is 40.7 Å². The zero-order chi connectivity index (χ0) is 29.4. The molecule has 1 unspecified atom stereocenters. The van der Waals surface area contributed by atoms with Gasteiger partial charge in [0.2, 0.25) is 0 Å². The van der Waals surface area contributed by atoms with E-state index in [1.807, 2.05) is 13.0 Å². The van der Waals surface area contributed by atoms with Crippen LogP contribution in [0.5, 0.6) is 0 Å². The number of carbonyl (C=O) groups excluding carboxylic acids is 3. The zero-order valence-electron chi connectivity index (χ0n) is 25.4. The van der Waals surface area contributed by atoms with E-state index >= 15 is 0 Å². The highest BCUT2D eigenvalue weighted by atomic mass is 16.5. The first-order chi connectivity index (χ1) is 18.7. The number of hydrogen-bond acceptors (Lipinski definition) is 7. The van der Waals surface area contributed by atoms with Crippen molar-refractivity contribution in [3.05, 3.63) is 12.2 Å². The highest BCUT2D eigenvalue weighted by Gasteiger charge is 2.81. The zero-order valence-corrected chi connectivity index (χ0v) is 25.4. The molecule has 0 amide bonds. The molecule has 0 aliphatic heterocycles. The second-order valence-electron chi connectivity index (χ2n) is 14.8. The summed E-state index contributed by atoms with van der Waals surface area (Å²) in [6.07, 6.45) is 8.42. The summed E-state index contributed by atoms with van der Waals surface area (Å²) in [5.41, 5.74) is -0.107. The van der Waals surface area contributed by atoms with Crippen LogP contribution in [0.15, 0.2) is 12.2 Å². The number of rotatable bonds is 9. The summed E-state index contributed by atoms with van der Waals surface area (Å²) in [5, 5.41) is 21.3. The van der Waals surface area contributed by atoms with E-state index in [-0.39, 0.29) is 76.3 Å². The molecule has 0 heterocycles. The van der Waals surface area contributed by atoms with E-state index in [0.29, 0.717) is 11.8 Å². The van der Waals surface area contributed by atoms with Crippen molar-refractivity contribution < 1.29 is 34.1 Å². The van der Waals surface area contributed by atoms with Crippen molar-refractivity contribution in [2.75, 3.05) is 20.3 Å². The molecule has 40 heavy (non-hydrogen) atoms. The molecule has 7 nitrogen and oxygen atoms in total. The van der Waals surface area contributed by atoms with Gasteiger partial charge < -0.3 is 19.7 Å². The third kappa shape index (κ3) is 3.89. The van der Waals surface area contributed by atoms with E-state index in [1.54, 1.807) is 6.92 Å². The molecule has 13 atom stereocenters. The summed E-state index contributed by atoms with van der Waals surface area (Å²) < 4.78 is 11.3. The molecule has 7 heteroatoms. The first kappa shape index (κ1) is 29.9. The summed E-state index contributed by atoms with van der Waals surface area (Å²) in [4.78, 5) is 38.6. The number of esters is 1. The lowest BCUT2D eigenvalue weighted by Crippen LogP contribution is -2.56. The van der Waals surface area contributed by atoms with Crippen LogP contribution in [0.1, 0.15) is 80.1 Å². The van der Waals surface area contributed by atoms with E-state index in [9.17, 15) is 24.6 Å².